The molecule has 24 heavy (non-hydrogen) atoms. The van der Waals surface area contributed by atoms with Crippen LogP contribution < -0.4 is 5.32 Å². The third-order valence-electron chi connectivity index (χ3n) is 3.00. The fourth-order valence-corrected chi connectivity index (χ4v) is 3.24. The van der Waals surface area contributed by atoms with E-state index in [1.165, 1.54) is 35.5 Å². The molecular formula is C14H11F2N5OS2. The van der Waals surface area contributed by atoms with E-state index in [-0.39, 0.29) is 5.91 Å². The van der Waals surface area contributed by atoms with Gasteiger partial charge in [0.25, 0.3) is 0 Å². The molecule has 0 saturated carbocycles. The lowest BCUT2D eigenvalue weighted by atomic mass is 10.2. The van der Waals surface area contributed by atoms with Crippen LogP contribution in [0.4, 0.5) is 13.9 Å². The van der Waals surface area contributed by atoms with Crippen LogP contribution in [0.25, 0.3) is 11.3 Å². The van der Waals surface area contributed by atoms with Gasteiger partial charge in [-0.25, -0.2) is 18.7 Å². The third kappa shape index (κ3) is 3.77. The molecule has 6 nitrogen and oxygen atoms in total. The summed E-state index contributed by atoms with van der Waals surface area (Å²) in [4.78, 5) is 20.3. The summed E-state index contributed by atoms with van der Waals surface area (Å²) in [6.45, 7) is 1.73. The van der Waals surface area contributed by atoms with Gasteiger partial charge in [0.05, 0.1) is 10.9 Å². The summed E-state index contributed by atoms with van der Waals surface area (Å²) in [5.41, 5.74) is 0.902. The number of amides is 1. The van der Waals surface area contributed by atoms with Gasteiger partial charge in [0, 0.05) is 10.9 Å². The van der Waals surface area contributed by atoms with Gasteiger partial charge in [-0.05, 0) is 25.1 Å². The van der Waals surface area contributed by atoms with Gasteiger partial charge in [-0.15, -0.1) is 11.3 Å². The number of halogens is 2. The molecule has 3 rings (SSSR count). The van der Waals surface area contributed by atoms with E-state index < -0.39 is 16.9 Å². The fraction of sp³-hybridized carbons (Fsp3) is 0.143. The Morgan fingerprint density at radius 3 is 2.92 bits per heavy atom. The Morgan fingerprint density at radius 2 is 2.21 bits per heavy atom. The zero-order valence-electron chi connectivity index (χ0n) is 12.3. The minimum atomic E-state index is -0.942. The summed E-state index contributed by atoms with van der Waals surface area (Å²) < 4.78 is 26.3. The van der Waals surface area contributed by atoms with Gasteiger partial charge in [0.1, 0.15) is 6.33 Å². The summed E-state index contributed by atoms with van der Waals surface area (Å²) in [5.74, 6) is -2.11. The number of hydrogen-bond acceptors (Lipinski definition) is 6. The van der Waals surface area contributed by atoms with E-state index in [9.17, 15) is 13.6 Å². The highest BCUT2D eigenvalue weighted by atomic mass is 32.2. The van der Waals surface area contributed by atoms with Crippen molar-refractivity contribution >= 4 is 34.1 Å². The lowest BCUT2D eigenvalue weighted by molar-refractivity contribution is -0.115. The second kappa shape index (κ2) is 7.05. The molecule has 2 heterocycles. The number of thioether (sulfide) groups is 1. The van der Waals surface area contributed by atoms with Crippen LogP contribution in [0, 0.1) is 11.6 Å². The average molecular weight is 367 g/mol. The van der Waals surface area contributed by atoms with Gasteiger partial charge in [-0.3, -0.25) is 9.89 Å². The molecule has 0 aliphatic heterocycles. The maximum Gasteiger partial charge on any atom is 0.239 e. The normalized spacial score (nSPS) is 12.1. The number of aromatic nitrogens is 4. The van der Waals surface area contributed by atoms with Crippen molar-refractivity contribution in [3.63, 3.8) is 0 Å². The van der Waals surface area contributed by atoms with Crippen LogP contribution in [0.2, 0.25) is 0 Å². The van der Waals surface area contributed by atoms with Gasteiger partial charge >= 0.3 is 0 Å². The molecule has 3 aromatic rings. The SMILES string of the molecule is C[C@@H](Sc1ncn[nH]1)C(=O)Nc1nc(-c2ccc(F)c(F)c2)cs1. The Morgan fingerprint density at radius 1 is 1.38 bits per heavy atom. The lowest BCUT2D eigenvalue weighted by Crippen LogP contribution is -2.22. The Bertz CT molecular complexity index is 853. The van der Waals surface area contributed by atoms with Crippen LogP contribution >= 0.6 is 23.1 Å². The maximum atomic E-state index is 13.3. The number of nitrogens with zero attached hydrogens (tertiary/aromatic N) is 3. The molecule has 0 aliphatic rings. The van der Waals surface area contributed by atoms with E-state index in [1.807, 2.05) is 0 Å². The van der Waals surface area contributed by atoms with Crippen molar-refractivity contribution in [2.75, 3.05) is 5.32 Å². The molecule has 1 amide bonds. The Labute approximate surface area is 143 Å². The van der Waals surface area contributed by atoms with Gasteiger partial charge < -0.3 is 5.32 Å². The van der Waals surface area contributed by atoms with Crippen molar-refractivity contribution in [1.82, 2.24) is 20.2 Å². The van der Waals surface area contributed by atoms with Crippen molar-refractivity contribution in [3.8, 4) is 11.3 Å². The summed E-state index contributed by atoms with van der Waals surface area (Å²) in [5, 5.41) is 11.2. The first-order valence-corrected chi connectivity index (χ1v) is 8.52. The highest BCUT2D eigenvalue weighted by molar-refractivity contribution is 8.00. The smallest absolute Gasteiger partial charge is 0.239 e. The summed E-state index contributed by atoms with van der Waals surface area (Å²) >= 11 is 2.43. The first kappa shape index (κ1) is 16.5. The van der Waals surface area contributed by atoms with Crippen molar-refractivity contribution < 1.29 is 13.6 Å². The Hall–Kier alpha value is -2.33. The van der Waals surface area contributed by atoms with Crippen LogP contribution in [0.3, 0.4) is 0 Å². The standard InChI is InChI=1S/C14H11F2N5OS2/c1-7(24-13-17-6-18-21-13)12(22)20-14-19-11(5-23-14)8-2-3-9(15)10(16)4-8/h2-7H,1H3,(H,17,18,21)(H,19,20,22)/t7-/m1/s1. The molecule has 0 radical (unpaired) electrons. The van der Waals surface area contributed by atoms with Crippen LogP contribution in [-0.4, -0.2) is 31.3 Å². The van der Waals surface area contributed by atoms with E-state index in [0.717, 1.165) is 12.1 Å². The van der Waals surface area contributed by atoms with Crippen LogP contribution in [0.15, 0.2) is 35.1 Å². The highest BCUT2D eigenvalue weighted by Crippen LogP contribution is 2.27. The molecule has 2 N–H and O–H groups in total. The van der Waals surface area contributed by atoms with Crippen LogP contribution in [0.1, 0.15) is 6.92 Å². The van der Waals surface area contributed by atoms with Crippen molar-refractivity contribution in [2.24, 2.45) is 0 Å². The molecule has 0 bridgehead atoms. The summed E-state index contributed by atoms with van der Waals surface area (Å²) in [7, 11) is 0. The molecule has 124 valence electrons. The van der Waals surface area contributed by atoms with Gasteiger partial charge in [-0.1, -0.05) is 11.8 Å². The van der Waals surface area contributed by atoms with Crippen molar-refractivity contribution in [1.29, 1.82) is 0 Å². The predicted octanol–water partition coefficient (Wildman–Crippen LogP) is 3.33. The van der Waals surface area contributed by atoms with Crippen LogP contribution in [-0.2, 0) is 4.79 Å². The zero-order chi connectivity index (χ0) is 17.1. The molecular weight excluding hydrogens is 356 g/mol. The molecule has 0 spiro atoms. The summed E-state index contributed by atoms with van der Waals surface area (Å²) in [6, 6.07) is 3.54. The van der Waals surface area contributed by atoms with E-state index in [1.54, 1.807) is 12.3 Å². The number of rotatable bonds is 5. The lowest BCUT2D eigenvalue weighted by Gasteiger charge is -2.07. The molecule has 0 aliphatic carbocycles. The highest BCUT2D eigenvalue weighted by Gasteiger charge is 2.17. The number of benzene rings is 1. The number of nitrogens with one attached hydrogen (secondary N) is 2. The molecule has 2 aromatic heterocycles. The topological polar surface area (TPSA) is 83.6 Å². The Kier molecular flexibility index (Phi) is 4.86. The van der Waals surface area contributed by atoms with E-state index in [0.29, 0.717) is 21.5 Å². The first-order chi connectivity index (χ1) is 11.5. The summed E-state index contributed by atoms with van der Waals surface area (Å²) in [6.07, 6.45) is 1.36. The van der Waals surface area contributed by atoms with Crippen molar-refractivity contribution in [3.05, 3.63) is 41.5 Å². The fourth-order valence-electron chi connectivity index (χ4n) is 1.80. The number of hydrogen-bond donors (Lipinski definition) is 2. The van der Waals surface area contributed by atoms with E-state index >= 15 is 0 Å². The number of thiazole rings is 1. The molecule has 0 fully saturated rings. The quantitative estimate of drug-likeness (QED) is 0.676. The van der Waals surface area contributed by atoms with Gasteiger partial charge in [0.15, 0.2) is 21.9 Å². The molecule has 1 aromatic carbocycles. The minimum absolute atomic E-state index is 0.248. The number of aromatic amines is 1. The second-order valence-electron chi connectivity index (χ2n) is 4.71. The zero-order valence-corrected chi connectivity index (χ0v) is 13.9. The number of carbonyl (C=O) groups is 1. The van der Waals surface area contributed by atoms with E-state index in [2.05, 4.69) is 25.5 Å². The first-order valence-electron chi connectivity index (χ1n) is 6.77. The van der Waals surface area contributed by atoms with Crippen LogP contribution in [0.5, 0.6) is 0 Å². The van der Waals surface area contributed by atoms with Gasteiger partial charge in [0.2, 0.25) is 5.91 Å². The monoisotopic (exact) mass is 367 g/mol. The van der Waals surface area contributed by atoms with E-state index in [4.69, 9.17) is 0 Å². The predicted molar refractivity (Wildman–Crippen MR) is 87.8 cm³/mol. The number of carbonyl (C=O) groups excluding carboxylic acids is 1. The molecule has 0 saturated heterocycles. The maximum absolute atomic E-state index is 13.3. The molecule has 10 heteroatoms. The minimum Gasteiger partial charge on any atom is -0.301 e. The Balaban J connectivity index is 1.67. The van der Waals surface area contributed by atoms with Gasteiger partial charge in [-0.2, -0.15) is 5.10 Å². The average Bonchev–Trinajstić information content (AvgIpc) is 3.22. The second-order valence-corrected chi connectivity index (χ2v) is 6.89. The third-order valence-corrected chi connectivity index (χ3v) is 4.75. The molecule has 0 unspecified atom stereocenters. The van der Waals surface area contributed by atoms with Crippen molar-refractivity contribution in [2.45, 2.75) is 17.3 Å². The molecule has 1 atom stereocenters. The number of H-pyrrole nitrogens is 1. The largest absolute Gasteiger partial charge is 0.301 e. The number of anilines is 1.